The number of rotatable bonds is 5. The number of aliphatic carboxylic acids is 1. The number of hydrogen-bond acceptors (Lipinski definition) is 3. The summed E-state index contributed by atoms with van der Waals surface area (Å²) in [6, 6.07) is -0.603. The molecular formula is C14H16N2O4. The summed E-state index contributed by atoms with van der Waals surface area (Å²) in [4.78, 5) is 39.9. The number of carbonyl (C=O) groups excluding carboxylic acids is 2. The van der Waals surface area contributed by atoms with E-state index >= 15 is 0 Å². The predicted molar refractivity (Wildman–Crippen MR) is 72.4 cm³/mol. The van der Waals surface area contributed by atoms with Gasteiger partial charge in [0.1, 0.15) is 0 Å². The molecule has 20 heavy (non-hydrogen) atoms. The fourth-order valence-electron chi connectivity index (χ4n) is 2.20. The molecule has 0 saturated carbocycles. The number of imide groups is 1. The molecule has 1 aliphatic heterocycles. The van der Waals surface area contributed by atoms with E-state index in [9.17, 15) is 14.4 Å². The topological polar surface area (TPSA) is 87.0 Å². The first kappa shape index (κ1) is 14.2. The Morgan fingerprint density at radius 2 is 2.15 bits per heavy atom. The quantitative estimate of drug-likeness (QED) is 0.775. The Hall–Kier alpha value is -2.24. The number of hydrogen-bond donors (Lipinski definition) is 1. The number of unbranched alkanes of at least 4 members (excludes halogenated alkanes) is 2. The number of carboxylic acid groups (broad SMARTS) is 1. The first-order valence-corrected chi connectivity index (χ1v) is 6.61. The van der Waals surface area contributed by atoms with Gasteiger partial charge in [-0.1, -0.05) is 31.9 Å². The zero-order valence-electron chi connectivity index (χ0n) is 11.2. The maximum absolute atomic E-state index is 12.2. The number of aliphatic imine (C=N–C) groups is 1. The molecule has 0 saturated heterocycles. The average Bonchev–Trinajstić information content (AvgIpc) is 2.41. The van der Waals surface area contributed by atoms with Gasteiger partial charge in [-0.25, -0.2) is 9.59 Å². The Balaban J connectivity index is 2.20. The van der Waals surface area contributed by atoms with Gasteiger partial charge >= 0.3 is 12.0 Å². The van der Waals surface area contributed by atoms with E-state index < -0.39 is 17.9 Å². The first-order valence-electron chi connectivity index (χ1n) is 6.61. The van der Waals surface area contributed by atoms with Gasteiger partial charge in [0.25, 0.3) is 0 Å². The molecule has 1 unspecified atom stereocenters. The molecule has 6 heteroatoms. The standard InChI is InChI=1S/C14H16N2O4/c1-2-3-4-7-16-12(17)10-6-5-9(13(18)19)8-11(10)15-14(16)20/h5-6,8,10H,2-4,7H2,1H3,(H,18,19). The molecule has 0 aromatic carbocycles. The van der Waals surface area contributed by atoms with Crippen molar-refractivity contribution < 1.29 is 19.5 Å². The molecule has 0 bridgehead atoms. The van der Waals surface area contributed by atoms with Gasteiger partial charge in [-0.15, -0.1) is 0 Å². The van der Waals surface area contributed by atoms with Crippen LogP contribution in [0.3, 0.4) is 0 Å². The smallest absolute Gasteiger partial charge is 0.350 e. The monoisotopic (exact) mass is 276 g/mol. The number of carboxylic acids is 1. The van der Waals surface area contributed by atoms with Gasteiger partial charge in [-0.2, -0.15) is 4.99 Å². The zero-order valence-corrected chi connectivity index (χ0v) is 11.2. The van der Waals surface area contributed by atoms with Crippen LogP contribution < -0.4 is 0 Å². The number of fused-ring (bicyclic) bond motifs is 1. The van der Waals surface area contributed by atoms with Gasteiger partial charge in [0.2, 0.25) is 5.91 Å². The summed E-state index contributed by atoms with van der Waals surface area (Å²) >= 11 is 0. The van der Waals surface area contributed by atoms with E-state index in [1.165, 1.54) is 18.2 Å². The summed E-state index contributed by atoms with van der Waals surface area (Å²) < 4.78 is 0. The Kier molecular flexibility index (Phi) is 4.12. The minimum atomic E-state index is -1.10. The molecule has 3 amide bonds. The van der Waals surface area contributed by atoms with E-state index in [1.54, 1.807) is 0 Å². The molecule has 6 nitrogen and oxygen atoms in total. The lowest BCUT2D eigenvalue weighted by atomic mass is 9.92. The van der Waals surface area contributed by atoms with Crippen molar-refractivity contribution in [2.45, 2.75) is 26.2 Å². The van der Waals surface area contributed by atoms with Crippen molar-refractivity contribution in [3.63, 3.8) is 0 Å². The number of carbonyl (C=O) groups is 3. The summed E-state index contributed by atoms with van der Waals surface area (Å²) in [6.07, 6.45) is 6.85. The van der Waals surface area contributed by atoms with Gasteiger partial charge in [0.15, 0.2) is 0 Å². The maximum atomic E-state index is 12.2. The average molecular weight is 276 g/mol. The molecule has 1 heterocycles. The normalized spacial score (nSPS) is 21.4. The second kappa shape index (κ2) is 5.81. The molecule has 106 valence electrons. The Morgan fingerprint density at radius 3 is 2.80 bits per heavy atom. The molecule has 0 aromatic heterocycles. The third-order valence-corrected chi connectivity index (χ3v) is 3.31. The number of urea groups is 1. The molecule has 0 spiro atoms. The summed E-state index contributed by atoms with van der Waals surface area (Å²) in [6.45, 7) is 2.40. The van der Waals surface area contributed by atoms with Crippen molar-refractivity contribution in [2.75, 3.05) is 6.54 Å². The summed E-state index contributed by atoms with van der Waals surface area (Å²) in [5, 5.41) is 8.90. The van der Waals surface area contributed by atoms with Gasteiger partial charge in [0, 0.05) is 6.54 Å². The van der Waals surface area contributed by atoms with E-state index in [0.29, 0.717) is 6.54 Å². The number of nitrogens with zero attached hydrogens (tertiary/aromatic N) is 2. The van der Waals surface area contributed by atoms with Gasteiger partial charge in [-0.05, 0) is 12.5 Å². The minimum absolute atomic E-state index is 0.0278. The Morgan fingerprint density at radius 1 is 1.40 bits per heavy atom. The SMILES string of the molecule is CCCCCN1C(=O)N=C2C=C(C(=O)O)C=CC2C1=O. The van der Waals surface area contributed by atoms with Crippen molar-refractivity contribution >= 4 is 23.6 Å². The van der Waals surface area contributed by atoms with Crippen LogP contribution in [0, 0.1) is 5.92 Å². The van der Waals surface area contributed by atoms with Crippen molar-refractivity contribution in [1.29, 1.82) is 0 Å². The predicted octanol–water partition coefficient (Wildman–Crippen LogP) is 1.78. The third kappa shape index (κ3) is 2.68. The highest BCUT2D eigenvalue weighted by atomic mass is 16.4. The molecule has 0 aromatic rings. The van der Waals surface area contributed by atoms with Crippen molar-refractivity contribution in [2.24, 2.45) is 10.9 Å². The van der Waals surface area contributed by atoms with Crippen molar-refractivity contribution in [1.82, 2.24) is 4.90 Å². The van der Waals surface area contributed by atoms with Crippen LogP contribution in [0.5, 0.6) is 0 Å². The van der Waals surface area contributed by atoms with Crippen LogP contribution in [0.15, 0.2) is 28.8 Å². The van der Waals surface area contributed by atoms with Crippen LogP contribution in [0.1, 0.15) is 26.2 Å². The summed E-state index contributed by atoms with van der Waals surface area (Å²) in [5.41, 5.74) is 0.242. The van der Waals surface area contributed by atoms with Crippen LogP contribution in [-0.4, -0.2) is 40.2 Å². The van der Waals surface area contributed by atoms with Crippen LogP contribution in [0.2, 0.25) is 0 Å². The highest BCUT2D eigenvalue weighted by Gasteiger charge is 2.36. The zero-order chi connectivity index (χ0) is 14.7. The van der Waals surface area contributed by atoms with Crippen molar-refractivity contribution in [3.05, 3.63) is 23.8 Å². The van der Waals surface area contributed by atoms with Crippen LogP contribution in [0.4, 0.5) is 4.79 Å². The summed E-state index contributed by atoms with van der Waals surface area (Å²) in [7, 11) is 0. The molecule has 1 N–H and O–H groups in total. The van der Waals surface area contributed by atoms with E-state index in [4.69, 9.17) is 5.11 Å². The highest BCUT2D eigenvalue weighted by molar-refractivity contribution is 6.23. The van der Waals surface area contributed by atoms with Gasteiger partial charge < -0.3 is 5.11 Å². The van der Waals surface area contributed by atoms with Crippen molar-refractivity contribution in [3.8, 4) is 0 Å². The molecule has 0 radical (unpaired) electrons. The summed E-state index contributed by atoms with van der Waals surface area (Å²) in [5.74, 6) is -2.07. The van der Waals surface area contributed by atoms with E-state index in [0.717, 1.165) is 24.2 Å². The molecule has 2 aliphatic rings. The molecule has 1 atom stereocenters. The molecule has 1 aliphatic carbocycles. The molecule has 0 fully saturated rings. The Labute approximate surface area is 116 Å². The lowest BCUT2D eigenvalue weighted by Crippen LogP contribution is -2.46. The van der Waals surface area contributed by atoms with Gasteiger partial charge in [0.05, 0.1) is 17.2 Å². The maximum Gasteiger partial charge on any atom is 0.350 e. The number of amides is 3. The first-order chi connectivity index (χ1) is 9.54. The lowest BCUT2D eigenvalue weighted by Gasteiger charge is -2.28. The Bertz CT molecular complexity index is 545. The largest absolute Gasteiger partial charge is 0.478 e. The lowest BCUT2D eigenvalue weighted by molar-refractivity contribution is -0.132. The van der Waals surface area contributed by atoms with Crippen LogP contribution in [-0.2, 0) is 9.59 Å². The van der Waals surface area contributed by atoms with E-state index in [1.807, 2.05) is 6.92 Å². The molecular weight excluding hydrogens is 260 g/mol. The van der Waals surface area contributed by atoms with Crippen LogP contribution >= 0.6 is 0 Å². The fourth-order valence-corrected chi connectivity index (χ4v) is 2.20. The number of allylic oxidation sites excluding steroid dienone is 1. The second-order valence-corrected chi connectivity index (χ2v) is 4.76. The van der Waals surface area contributed by atoms with Crippen LogP contribution in [0.25, 0.3) is 0 Å². The van der Waals surface area contributed by atoms with E-state index in [2.05, 4.69) is 4.99 Å². The van der Waals surface area contributed by atoms with Gasteiger partial charge in [-0.3, -0.25) is 9.69 Å². The second-order valence-electron chi connectivity index (χ2n) is 4.76. The third-order valence-electron chi connectivity index (χ3n) is 3.31. The molecule has 2 rings (SSSR count). The highest BCUT2D eigenvalue weighted by Crippen LogP contribution is 2.22. The minimum Gasteiger partial charge on any atom is -0.478 e. The fraction of sp³-hybridized carbons (Fsp3) is 0.429. The van der Waals surface area contributed by atoms with E-state index in [-0.39, 0.29) is 17.2 Å².